The maximum atomic E-state index is 13.0. The van der Waals surface area contributed by atoms with Crippen LogP contribution in [-0.2, 0) is 0 Å². The van der Waals surface area contributed by atoms with E-state index in [0.717, 1.165) is 18.2 Å². The molecule has 1 rings (SSSR count). The summed E-state index contributed by atoms with van der Waals surface area (Å²) in [4.78, 5) is 0. The van der Waals surface area contributed by atoms with Crippen LogP contribution < -0.4 is 5.73 Å². The molecule has 0 amide bonds. The topological polar surface area (TPSA) is 46.2 Å². The molecule has 7 heteroatoms. The molecule has 0 aromatic heterocycles. The molecule has 0 aliphatic carbocycles. The second kappa shape index (κ2) is 5.72. The van der Waals surface area contributed by atoms with Crippen molar-refractivity contribution in [3.8, 4) is 0 Å². The minimum absolute atomic E-state index is 0. The Balaban J connectivity index is 0.00000225. The number of rotatable bonds is 3. The van der Waals surface area contributed by atoms with E-state index < -0.39 is 24.4 Å². The molecule has 1 atom stereocenters. The molecule has 0 saturated heterocycles. The molecule has 16 heavy (non-hydrogen) atoms. The normalized spacial score (nSPS) is 13.1. The lowest BCUT2D eigenvalue weighted by atomic mass is 10.0. The van der Waals surface area contributed by atoms with E-state index >= 15 is 0 Å². The van der Waals surface area contributed by atoms with Crippen molar-refractivity contribution in [3.05, 3.63) is 34.6 Å². The molecule has 3 N–H and O–H groups in total. The lowest BCUT2D eigenvalue weighted by molar-refractivity contribution is -0.0711. The summed E-state index contributed by atoms with van der Waals surface area (Å²) in [6, 6.07) is 1.19. The fraction of sp³-hybridized carbons (Fsp3) is 0.333. The van der Waals surface area contributed by atoms with Gasteiger partial charge in [0, 0.05) is 5.02 Å². The predicted molar refractivity (Wildman–Crippen MR) is 57.6 cm³/mol. The van der Waals surface area contributed by atoms with Crippen molar-refractivity contribution in [2.24, 2.45) is 5.73 Å². The number of aliphatic hydroxyl groups excluding tert-OH is 1. The first-order valence-electron chi connectivity index (χ1n) is 4.07. The zero-order valence-corrected chi connectivity index (χ0v) is 9.53. The summed E-state index contributed by atoms with van der Waals surface area (Å²) in [5.74, 6) is -4.12. The van der Waals surface area contributed by atoms with Crippen LogP contribution >= 0.6 is 24.0 Å². The van der Waals surface area contributed by atoms with Gasteiger partial charge in [-0.3, -0.25) is 0 Å². The molecule has 92 valence electrons. The van der Waals surface area contributed by atoms with Crippen LogP contribution in [0.15, 0.2) is 18.2 Å². The van der Waals surface area contributed by atoms with E-state index in [-0.39, 0.29) is 23.0 Å². The first kappa shape index (κ1) is 15.5. The minimum Gasteiger partial charge on any atom is -0.390 e. The second-order valence-electron chi connectivity index (χ2n) is 3.06. The van der Waals surface area contributed by atoms with Gasteiger partial charge in [-0.1, -0.05) is 17.7 Å². The number of benzene rings is 1. The highest BCUT2D eigenvalue weighted by Crippen LogP contribution is 2.32. The lowest BCUT2D eigenvalue weighted by Crippen LogP contribution is -2.36. The van der Waals surface area contributed by atoms with E-state index in [1.165, 1.54) is 0 Å². The van der Waals surface area contributed by atoms with Gasteiger partial charge in [0.25, 0.3) is 5.92 Å². The summed E-state index contributed by atoms with van der Waals surface area (Å²) in [5.41, 5.74) is 5.12. The molecule has 0 unspecified atom stereocenters. The van der Waals surface area contributed by atoms with Gasteiger partial charge in [-0.2, -0.15) is 0 Å². The van der Waals surface area contributed by atoms with E-state index in [1.54, 1.807) is 0 Å². The molecule has 0 radical (unpaired) electrons. The fourth-order valence-electron chi connectivity index (χ4n) is 1.08. The Bertz CT molecular complexity index is 363. The van der Waals surface area contributed by atoms with Crippen LogP contribution in [0.3, 0.4) is 0 Å². The van der Waals surface area contributed by atoms with Crippen LogP contribution in [0.1, 0.15) is 11.6 Å². The number of nitrogens with two attached hydrogens (primary N) is 1. The molecule has 2 nitrogen and oxygen atoms in total. The lowest BCUT2D eigenvalue weighted by Gasteiger charge is -2.22. The summed E-state index contributed by atoms with van der Waals surface area (Å²) in [7, 11) is 0. The zero-order valence-electron chi connectivity index (χ0n) is 7.96. The minimum atomic E-state index is -3.48. The molecule has 0 fully saturated rings. The highest BCUT2D eigenvalue weighted by Gasteiger charge is 2.38. The van der Waals surface area contributed by atoms with Gasteiger partial charge < -0.3 is 10.8 Å². The third kappa shape index (κ3) is 3.25. The Kier molecular flexibility index (Phi) is 5.55. The molecule has 0 saturated carbocycles. The van der Waals surface area contributed by atoms with Gasteiger partial charge in [0.05, 0.1) is 6.04 Å². The van der Waals surface area contributed by atoms with E-state index in [0.29, 0.717) is 0 Å². The smallest absolute Gasteiger partial charge is 0.289 e. The van der Waals surface area contributed by atoms with Crippen LogP contribution in [0.2, 0.25) is 5.02 Å². The maximum Gasteiger partial charge on any atom is 0.289 e. The van der Waals surface area contributed by atoms with Crippen molar-refractivity contribution >= 4 is 24.0 Å². The molecule has 1 aromatic rings. The number of hydrogen-bond acceptors (Lipinski definition) is 2. The molecule has 0 aliphatic rings. The highest BCUT2D eigenvalue weighted by atomic mass is 35.5. The van der Waals surface area contributed by atoms with Crippen LogP contribution in [0.25, 0.3) is 0 Å². The summed E-state index contributed by atoms with van der Waals surface area (Å²) >= 11 is 5.55. The van der Waals surface area contributed by atoms with E-state index in [4.69, 9.17) is 22.4 Å². The second-order valence-corrected chi connectivity index (χ2v) is 3.47. The SMILES string of the molecule is Cl.N[C@H](c1ccc(F)cc1Cl)C(F)(F)CO. The fourth-order valence-corrected chi connectivity index (χ4v) is 1.36. The van der Waals surface area contributed by atoms with Gasteiger partial charge in [-0.15, -0.1) is 12.4 Å². The quantitative estimate of drug-likeness (QED) is 0.891. The van der Waals surface area contributed by atoms with Crippen LogP contribution in [-0.4, -0.2) is 17.6 Å². The van der Waals surface area contributed by atoms with Crippen molar-refractivity contribution in [1.82, 2.24) is 0 Å². The third-order valence-electron chi connectivity index (χ3n) is 1.96. The number of hydrogen-bond donors (Lipinski definition) is 2. The van der Waals surface area contributed by atoms with Crippen LogP contribution in [0, 0.1) is 5.82 Å². The van der Waals surface area contributed by atoms with Gasteiger partial charge in [0.1, 0.15) is 12.4 Å². The molecule has 1 aromatic carbocycles. The molecular formula is C9H10Cl2F3NO. The average Bonchev–Trinajstić information content (AvgIpc) is 2.17. The van der Waals surface area contributed by atoms with Gasteiger partial charge in [0.15, 0.2) is 0 Å². The average molecular weight is 276 g/mol. The van der Waals surface area contributed by atoms with Crippen molar-refractivity contribution in [1.29, 1.82) is 0 Å². The molecule has 0 bridgehead atoms. The van der Waals surface area contributed by atoms with Crippen molar-refractivity contribution in [2.45, 2.75) is 12.0 Å². The number of aliphatic hydroxyl groups is 1. The number of halogens is 5. The van der Waals surface area contributed by atoms with E-state index in [9.17, 15) is 13.2 Å². The highest BCUT2D eigenvalue weighted by molar-refractivity contribution is 6.31. The van der Waals surface area contributed by atoms with Crippen molar-refractivity contribution < 1.29 is 18.3 Å². The Morgan fingerprint density at radius 2 is 2.00 bits per heavy atom. The monoisotopic (exact) mass is 275 g/mol. The Labute approximate surface area is 102 Å². The summed E-state index contributed by atoms with van der Waals surface area (Å²) < 4.78 is 38.6. The largest absolute Gasteiger partial charge is 0.390 e. The molecular weight excluding hydrogens is 266 g/mol. The van der Waals surface area contributed by atoms with Crippen LogP contribution in [0.5, 0.6) is 0 Å². The summed E-state index contributed by atoms with van der Waals surface area (Å²) in [5, 5.41) is 8.24. The maximum absolute atomic E-state index is 13.0. The first-order valence-corrected chi connectivity index (χ1v) is 4.45. The molecule has 0 heterocycles. The van der Waals surface area contributed by atoms with Crippen molar-refractivity contribution in [3.63, 3.8) is 0 Å². The van der Waals surface area contributed by atoms with Gasteiger partial charge in [-0.25, -0.2) is 13.2 Å². The number of alkyl halides is 2. The Morgan fingerprint density at radius 3 is 2.44 bits per heavy atom. The first-order chi connectivity index (χ1) is 6.88. The van der Waals surface area contributed by atoms with Gasteiger partial charge in [-0.05, 0) is 17.7 Å². The standard InChI is InChI=1S/C9H9ClF3NO.ClH/c10-7-3-5(11)1-2-6(7)8(14)9(12,13)4-15;/h1-3,8,15H,4,14H2;1H/t8-;/m1./s1. The third-order valence-corrected chi connectivity index (χ3v) is 2.29. The van der Waals surface area contributed by atoms with E-state index in [1.807, 2.05) is 0 Å². The summed E-state index contributed by atoms with van der Waals surface area (Å²) in [6.07, 6.45) is 0. The van der Waals surface area contributed by atoms with Crippen molar-refractivity contribution in [2.75, 3.05) is 6.61 Å². The Morgan fingerprint density at radius 1 is 1.44 bits per heavy atom. The Hall–Kier alpha value is -0.490. The van der Waals surface area contributed by atoms with E-state index in [2.05, 4.69) is 0 Å². The van der Waals surface area contributed by atoms with Gasteiger partial charge >= 0.3 is 0 Å². The van der Waals surface area contributed by atoms with Gasteiger partial charge in [0.2, 0.25) is 0 Å². The predicted octanol–water partition coefficient (Wildman–Crippen LogP) is 2.53. The molecule has 0 spiro atoms. The zero-order chi connectivity index (χ0) is 11.6. The molecule has 0 aliphatic heterocycles. The van der Waals surface area contributed by atoms with Crippen LogP contribution in [0.4, 0.5) is 13.2 Å². The summed E-state index contributed by atoms with van der Waals surface area (Å²) in [6.45, 7) is -1.39.